The zero-order valence-corrected chi connectivity index (χ0v) is 22.2. The van der Waals surface area contributed by atoms with Crippen molar-refractivity contribution >= 4 is 6.09 Å². The second-order valence-corrected chi connectivity index (χ2v) is 13.2. The summed E-state index contributed by atoms with van der Waals surface area (Å²) in [5.74, 6) is 3.43. The van der Waals surface area contributed by atoms with Crippen LogP contribution in [0.2, 0.25) is 0 Å². The van der Waals surface area contributed by atoms with Crippen molar-refractivity contribution in [3.8, 4) is 0 Å². The minimum atomic E-state index is -0.282. The van der Waals surface area contributed by atoms with E-state index in [9.17, 15) is 15.0 Å². The molecule has 34 heavy (non-hydrogen) atoms. The normalized spacial score (nSPS) is 44.5. The van der Waals surface area contributed by atoms with Gasteiger partial charge in [0.15, 0.2) is 0 Å². The van der Waals surface area contributed by atoms with Crippen molar-refractivity contribution in [1.82, 2.24) is 5.32 Å². The molecule has 10 atom stereocenters. The van der Waals surface area contributed by atoms with Gasteiger partial charge in [-0.25, -0.2) is 4.79 Å². The van der Waals surface area contributed by atoms with Crippen LogP contribution in [0.1, 0.15) is 98.8 Å². The fourth-order valence-corrected chi connectivity index (χ4v) is 9.28. The first-order valence-corrected chi connectivity index (χ1v) is 14.0. The third kappa shape index (κ3) is 4.63. The molecule has 4 fully saturated rings. The van der Waals surface area contributed by atoms with E-state index < -0.39 is 0 Å². The van der Waals surface area contributed by atoms with Crippen LogP contribution < -0.4 is 5.32 Å². The second-order valence-electron chi connectivity index (χ2n) is 13.2. The van der Waals surface area contributed by atoms with Crippen molar-refractivity contribution in [2.45, 2.75) is 117 Å². The smallest absolute Gasteiger partial charge is 0.407 e. The number of carbonyl (C=O) groups excluding carboxylic acids is 1. The van der Waals surface area contributed by atoms with Crippen LogP contribution in [-0.2, 0) is 4.74 Å². The zero-order chi connectivity index (χ0) is 24.8. The van der Waals surface area contributed by atoms with E-state index in [2.05, 4.69) is 32.7 Å². The summed E-state index contributed by atoms with van der Waals surface area (Å²) in [4.78, 5) is 12.8. The molecule has 4 saturated carbocycles. The van der Waals surface area contributed by atoms with Crippen molar-refractivity contribution < 1.29 is 19.7 Å². The summed E-state index contributed by atoms with van der Waals surface area (Å²) < 4.78 is 6.25. The number of aliphatic hydroxyl groups excluding tert-OH is 2. The molecule has 194 valence electrons. The second kappa shape index (κ2) is 9.67. The van der Waals surface area contributed by atoms with Gasteiger partial charge in [-0.15, -0.1) is 0 Å². The first-order chi connectivity index (χ1) is 16.0. The molecule has 1 amide bonds. The Kier molecular flexibility index (Phi) is 7.35. The number of allylic oxidation sites excluding steroid dienone is 1. The monoisotopic (exact) mass is 475 g/mol. The molecule has 4 aliphatic rings. The Labute approximate surface area is 207 Å². The number of rotatable bonds is 6. The van der Waals surface area contributed by atoms with E-state index >= 15 is 0 Å². The average molecular weight is 476 g/mol. The van der Waals surface area contributed by atoms with Crippen LogP contribution in [0.5, 0.6) is 0 Å². The predicted octanol–water partition coefficient (Wildman–Crippen LogP) is 6.61. The number of nitrogens with one attached hydrogen (secondary N) is 1. The van der Waals surface area contributed by atoms with E-state index in [1.54, 1.807) is 0 Å². The quantitative estimate of drug-likeness (QED) is 0.378. The molecular weight excluding hydrogens is 426 g/mol. The zero-order valence-electron chi connectivity index (χ0n) is 22.2. The molecule has 4 rings (SSSR count). The van der Waals surface area contributed by atoms with Gasteiger partial charge < -0.3 is 20.3 Å². The molecule has 0 aromatic rings. The summed E-state index contributed by atoms with van der Waals surface area (Å²) in [6, 6.07) is 0.0586. The lowest BCUT2D eigenvalue weighted by Gasteiger charge is -2.62. The molecule has 3 N–H and O–H groups in total. The van der Waals surface area contributed by atoms with Crippen LogP contribution in [0, 0.1) is 46.3 Å². The van der Waals surface area contributed by atoms with Crippen molar-refractivity contribution in [1.29, 1.82) is 0 Å². The summed E-state index contributed by atoms with van der Waals surface area (Å²) >= 11 is 0. The molecule has 0 aliphatic heterocycles. The maximum Gasteiger partial charge on any atom is 0.407 e. The van der Waals surface area contributed by atoms with Gasteiger partial charge in [-0.05, 0) is 112 Å². The fraction of sp³-hybridized carbons (Fsp3) is 0.897. The van der Waals surface area contributed by atoms with Crippen molar-refractivity contribution in [2.75, 3.05) is 0 Å². The number of hydrogen-bond acceptors (Lipinski definition) is 4. The van der Waals surface area contributed by atoms with E-state index in [4.69, 9.17) is 4.74 Å². The Bertz CT molecular complexity index is 767. The lowest BCUT2D eigenvalue weighted by molar-refractivity contribution is -0.174. The highest BCUT2D eigenvalue weighted by atomic mass is 16.6. The molecule has 0 aromatic heterocycles. The largest absolute Gasteiger partial charge is 0.513 e. The van der Waals surface area contributed by atoms with Crippen LogP contribution in [0.4, 0.5) is 4.79 Å². The van der Waals surface area contributed by atoms with Crippen LogP contribution >= 0.6 is 0 Å². The van der Waals surface area contributed by atoms with Crippen molar-refractivity contribution in [3.63, 3.8) is 0 Å². The summed E-state index contributed by atoms with van der Waals surface area (Å²) in [5.41, 5.74) is 0.489. The summed E-state index contributed by atoms with van der Waals surface area (Å²) in [6.45, 7) is 15.0. The van der Waals surface area contributed by atoms with Gasteiger partial charge in [-0.3, -0.25) is 0 Å². The number of hydrogen-bond donors (Lipinski definition) is 3. The predicted molar refractivity (Wildman–Crippen MR) is 135 cm³/mol. The van der Waals surface area contributed by atoms with Gasteiger partial charge >= 0.3 is 6.09 Å². The van der Waals surface area contributed by atoms with E-state index in [0.717, 1.165) is 32.1 Å². The van der Waals surface area contributed by atoms with E-state index in [1.165, 1.54) is 25.7 Å². The van der Waals surface area contributed by atoms with Gasteiger partial charge in [0, 0.05) is 18.4 Å². The highest BCUT2D eigenvalue weighted by Gasteiger charge is 2.63. The molecule has 0 heterocycles. The molecule has 5 nitrogen and oxygen atoms in total. The van der Waals surface area contributed by atoms with Crippen LogP contribution in [-0.4, -0.2) is 34.6 Å². The molecule has 4 aliphatic carbocycles. The van der Waals surface area contributed by atoms with Gasteiger partial charge in [0.2, 0.25) is 0 Å². The molecule has 0 aromatic carbocycles. The standard InChI is InChI=1S/C29H49NO4/c1-17(2)30-27(33)34-25-16-20-15-21(32)11-13-28(20,5)24-12-14-29(6)22(9-10-23(29)26(24)25)18(3)7-8-19(4)31/h17-18,20-26,31-32H,4,7-16H2,1-3,5-6H3,(H,30,33)/t18-,20+,21-,22-,23+,24+,25+,26+,28+,29-/m1/s1. The number of alkyl carbamates (subject to hydrolysis) is 1. The number of amides is 1. The minimum absolute atomic E-state index is 0.0586. The molecule has 0 spiro atoms. The van der Waals surface area contributed by atoms with Crippen LogP contribution in [0.15, 0.2) is 12.3 Å². The van der Waals surface area contributed by atoms with Gasteiger partial charge in [-0.2, -0.15) is 0 Å². The lowest BCUT2D eigenvalue weighted by atomic mass is 9.43. The summed E-state index contributed by atoms with van der Waals surface area (Å²) in [7, 11) is 0. The summed E-state index contributed by atoms with van der Waals surface area (Å²) in [6.07, 6.45) is 9.72. The van der Waals surface area contributed by atoms with Gasteiger partial charge in [0.05, 0.1) is 11.9 Å². The highest BCUT2D eigenvalue weighted by molar-refractivity contribution is 5.67. The Hall–Kier alpha value is -1.23. The highest BCUT2D eigenvalue weighted by Crippen LogP contribution is 2.68. The number of carbonyl (C=O) groups is 1. The number of fused-ring (bicyclic) bond motifs is 5. The molecule has 5 heteroatoms. The number of ether oxygens (including phenoxy) is 1. The van der Waals surface area contributed by atoms with Crippen molar-refractivity contribution in [3.05, 3.63) is 12.3 Å². The van der Waals surface area contributed by atoms with Gasteiger partial charge in [0.25, 0.3) is 0 Å². The SMILES string of the molecule is C=C(O)CC[C@@H](C)[C@H]1CC[C@H]2[C@@H]3[C@@H](OC(=O)NC(C)C)C[C@@H]4C[C@H](O)CC[C@]4(C)[C@H]3CC[C@]12C. The molecule has 0 bridgehead atoms. The van der Waals surface area contributed by atoms with Crippen LogP contribution in [0.25, 0.3) is 0 Å². The van der Waals surface area contributed by atoms with E-state index in [-0.39, 0.29) is 35.2 Å². The first-order valence-electron chi connectivity index (χ1n) is 14.0. The van der Waals surface area contributed by atoms with E-state index in [1.807, 2.05) is 13.8 Å². The Morgan fingerprint density at radius 2 is 1.74 bits per heavy atom. The molecule has 0 saturated heterocycles. The summed E-state index contributed by atoms with van der Waals surface area (Å²) in [5, 5.41) is 23.1. The van der Waals surface area contributed by atoms with Gasteiger partial charge in [0.1, 0.15) is 6.10 Å². The Morgan fingerprint density at radius 1 is 1.06 bits per heavy atom. The molecule has 0 unspecified atom stereocenters. The maximum absolute atomic E-state index is 12.8. The van der Waals surface area contributed by atoms with Crippen molar-refractivity contribution in [2.24, 2.45) is 46.3 Å². The van der Waals surface area contributed by atoms with Crippen LogP contribution in [0.3, 0.4) is 0 Å². The van der Waals surface area contributed by atoms with Gasteiger partial charge in [-0.1, -0.05) is 27.4 Å². The average Bonchev–Trinajstić information content (AvgIpc) is 3.09. The van der Waals surface area contributed by atoms with E-state index in [0.29, 0.717) is 47.7 Å². The third-order valence-electron chi connectivity index (χ3n) is 10.9. The first kappa shape index (κ1) is 25.9. The Morgan fingerprint density at radius 3 is 2.41 bits per heavy atom. The topological polar surface area (TPSA) is 78.8 Å². The lowest BCUT2D eigenvalue weighted by Crippen LogP contribution is -2.59. The Balaban J connectivity index is 1.61. The maximum atomic E-state index is 12.8. The molecule has 0 radical (unpaired) electrons. The fourth-order valence-electron chi connectivity index (χ4n) is 9.28. The third-order valence-corrected chi connectivity index (χ3v) is 10.9. The molecular formula is C29H49NO4. The number of aliphatic hydroxyl groups is 2. The minimum Gasteiger partial charge on any atom is -0.513 e.